The number of halogens is 1. The Morgan fingerprint density at radius 2 is 1.94 bits per heavy atom. The number of methoxy groups -OCH3 is 1. The van der Waals surface area contributed by atoms with Gasteiger partial charge in [-0.05, 0) is 61.1 Å². The molecule has 0 radical (unpaired) electrons. The summed E-state index contributed by atoms with van der Waals surface area (Å²) in [7, 11) is 5.46. The zero-order valence-corrected chi connectivity index (χ0v) is 22.2. The van der Waals surface area contributed by atoms with E-state index in [9.17, 15) is 9.59 Å². The summed E-state index contributed by atoms with van der Waals surface area (Å²) < 4.78 is 6.23. The highest BCUT2D eigenvalue weighted by atomic mass is 79.9. The SMILES string of the molecule is COc1cc(C(=O)NCCN(C)C)ccc1Nc1ncc(Br)c(N[C@@H]2CCCC[C@H]2NC(C)=O)n1. The molecule has 0 unspecified atom stereocenters. The van der Waals surface area contributed by atoms with E-state index in [-0.39, 0.29) is 23.9 Å². The van der Waals surface area contributed by atoms with Crippen LogP contribution in [0.25, 0.3) is 0 Å². The Hall–Kier alpha value is -2.92. The minimum atomic E-state index is -0.163. The van der Waals surface area contributed by atoms with Gasteiger partial charge in [0.15, 0.2) is 0 Å². The third kappa shape index (κ3) is 7.79. The number of rotatable bonds is 10. The van der Waals surface area contributed by atoms with Crippen LogP contribution in [-0.2, 0) is 4.79 Å². The molecule has 10 nitrogen and oxygen atoms in total. The number of aromatic nitrogens is 2. The van der Waals surface area contributed by atoms with E-state index in [1.807, 2.05) is 19.0 Å². The summed E-state index contributed by atoms with van der Waals surface area (Å²) in [6.07, 6.45) is 5.72. The van der Waals surface area contributed by atoms with Gasteiger partial charge < -0.3 is 30.9 Å². The number of hydrogen-bond donors (Lipinski definition) is 4. The summed E-state index contributed by atoms with van der Waals surface area (Å²) in [6, 6.07) is 5.31. The molecule has 1 fully saturated rings. The first-order chi connectivity index (χ1) is 16.8. The van der Waals surface area contributed by atoms with E-state index in [0.29, 0.717) is 35.3 Å². The maximum absolute atomic E-state index is 12.5. The van der Waals surface area contributed by atoms with E-state index in [0.717, 1.165) is 36.7 Å². The van der Waals surface area contributed by atoms with Crippen molar-refractivity contribution in [2.45, 2.75) is 44.7 Å². The van der Waals surface area contributed by atoms with Crippen LogP contribution in [0.15, 0.2) is 28.9 Å². The molecule has 35 heavy (non-hydrogen) atoms. The average molecular weight is 548 g/mol. The van der Waals surface area contributed by atoms with Crippen LogP contribution < -0.4 is 26.0 Å². The van der Waals surface area contributed by atoms with Gasteiger partial charge in [0.25, 0.3) is 5.91 Å². The van der Waals surface area contributed by atoms with Crippen LogP contribution in [-0.4, -0.2) is 73.1 Å². The highest BCUT2D eigenvalue weighted by Gasteiger charge is 2.26. The molecule has 190 valence electrons. The number of ether oxygens (including phenoxy) is 1. The Kier molecular flexibility index (Phi) is 9.67. The average Bonchev–Trinajstić information content (AvgIpc) is 2.82. The van der Waals surface area contributed by atoms with Gasteiger partial charge in [-0.25, -0.2) is 4.98 Å². The fourth-order valence-corrected chi connectivity index (χ4v) is 4.30. The van der Waals surface area contributed by atoms with Gasteiger partial charge in [-0.2, -0.15) is 4.98 Å². The number of amides is 2. The van der Waals surface area contributed by atoms with Crippen LogP contribution in [0, 0.1) is 0 Å². The highest BCUT2D eigenvalue weighted by molar-refractivity contribution is 9.10. The highest BCUT2D eigenvalue weighted by Crippen LogP contribution is 2.30. The molecule has 1 aromatic heterocycles. The van der Waals surface area contributed by atoms with Gasteiger partial charge in [0.1, 0.15) is 11.6 Å². The lowest BCUT2D eigenvalue weighted by atomic mass is 9.90. The summed E-state index contributed by atoms with van der Waals surface area (Å²) in [5.74, 6) is 1.33. The van der Waals surface area contributed by atoms with E-state index in [1.165, 1.54) is 0 Å². The number of benzene rings is 1. The van der Waals surface area contributed by atoms with Crippen LogP contribution in [0.5, 0.6) is 5.75 Å². The molecular formula is C24H34BrN7O3. The predicted molar refractivity (Wildman–Crippen MR) is 140 cm³/mol. The van der Waals surface area contributed by atoms with Gasteiger partial charge >= 0.3 is 0 Å². The number of likely N-dealkylation sites (N-methyl/N-ethyl adjacent to an activating group) is 1. The van der Waals surface area contributed by atoms with Crippen molar-refractivity contribution in [1.29, 1.82) is 0 Å². The van der Waals surface area contributed by atoms with Crippen molar-refractivity contribution in [3.8, 4) is 5.75 Å². The van der Waals surface area contributed by atoms with Crippen LogP contribution in [0.2, 0.25) is 0 Å². The molecule has 4 N–H and O–H groups in total. The number of hydrogen-bond acceptors (Lipinski definition) is 8. The second kappa shape index (κ2) is 12.7. The van der Waals surface area contributed by atoms with Crippen molar-refractivity contribution in [3.05, 3.63) is 34.4 Å². The molecule has 11 heteroatoms. The van der Waals surface area contributed by atoms with Crippen molar-refractivity contribution >= 4 is 45.2 Å². The summed E-state index contributed by atoms with van der Waals surface area (Å²) in [5, 5.41) is 12.6. The Morgan fingerprint density at radius 3 is 2.63 bits per heavy atom. The number of nitrogens with one attached hydrogen (secondary N) is 4. The fourth-order valence-electron chi connectivity index (χ4n) is 3.99. The molecule has 1 aliphatic rings. The Morgan fingerprint density at radius 1 is 1.20 bits per heavy atom. The first-order valence-corrected chi connectivity index (χ1v) is 12.5. The largest absolute Gasteiger partial charge is 0.495 e. The fraction of sp³-hybridized carbons (Fsp3) is 0.500. The second-order valence-corrected chi connectivity index (χ2v) is 9.69. The maximum atomic E-state index is 12.5. The number of anilines is 3. The zero-order chi connectivity index (χ0) is 25.4. The molecular weight excluding hydrogens is 514 g/mol. The summed E-state index contributed by atoms with van der Waals surface area (Å²) in [6.45, 7) is 2.85. The molecule has 2 atom stereocenters. The predicted octanol–water partition coefficient (Wildman–Crippen LogP) is 3.14. The second-order valence-electron chi connectivity index (χ2n) is 8.83. The van der Waals surface area contributed by atoms with E-state index >= 15 is 0 Å². The van der Waals surface area contributed by atoms with Gasteiger partial charge in [-0.15, -0.1) is 0 Å². The minimum Gasteiger partial charge on any atom is -0.495 e. The lowest BCUT2D eigenvalue weighted by Gasteiger charge is -2.33. The van der Waals surface area contributed by atoms with E-state index in [2.05, 4.69) is 47.2 Å². The molecule has 1 heterocycles. The molecule has 0 bridgehead atoms. The summed E-state index contributed by atoms with van der Waals surface area (Å²) >= 11 is 3.52. The molecule has 2 aromatic rings. The normalized spacial score (nSPS) is 17.5. The van der Waals surface area contributed by atoms with Crippen molar-refractivity contribution in [1.82, 2.24) is 25.5 Å². The monoisotopic (exact) mass is 547 g/mol. The van der Waals surface area contributed by atoms with Gasteiger partial charge in [0.05, 0.1) is 17.3 Å². The van der Waals surface area contributed by atoms with Crippen molar-refractivity contribution in [3.63, 3.8) is 0 Å². The van der Waals surface area contributed by atoms with Crippen LogP contribution in [0.4, 0.5) is 17.5 Å². The lowest BCUT2D eigenvalue weighted by molar-refractivity contribution is -0.119. The number of carbonyl (C=O) groups is 2. The summed E-state index contributed by atoms with van der Waals surface area (Å²) in [4.78, 5) is 35.1. The minimum absolute atomic E-state index is 0.0327. The standard InChI is InChI=1S/C24H34BrN7O3/c1-15(33)28-18-7-5-6-8-19(18)29-22-17(25)14-27-24(31-22)30-20-10-9-16(13-21(20)35-4)23(34)26-11-12-32(2)3/h9-10,13-14,18-19H,5-8,11-12H2,1-4H3,(H,26,34)(H,28,33)(H2,27,29,30,31)/t18-,19-/m1/s1. The Balaban J connectivity index is 1.72. The molecule has 0 spiro atoms. The zero-order valence-electron chi connectivity index (χ0n) is 20.7. The van der Waals surface area contributed by atoms with Crippen molar-refractivity contribution < 1.29 is 14.3 Å². The van der Waals surface area contributed by atoms with Crippen LogP contribution in [0.3, 0.4) is 0 Å². The van der Waals surface area contributed by atoms with Gasteiger partial charge in [0, 0.05) is 43.9 Å². The van der Waals surface area contributed by atoms with Crippen LogP contribution >= 0.6 is 15.9 Å². The van der Waals surface area contributed by atoms with Crippen molar-refractivity contribution in [2.24, 2.45) is 0 Å². The topological polar surface area (TPSA) is 121 Å². The van der Waals surface area contributed by atoms with Gasteiger partial charge in [0.2, 0.25) is 11.9 Å². The molecule has 2 amide bonds. The smallest absolute Gasteiger partial charge is 0.251 e. The molecule has 3 rings (SSSR count). The van der Waals surface area contributed by atoms with Crippen molar-refractivity contribution in [2.75, 3.05) is 44.9 Å². The first kappa shape index (κ1) is 26.7. The molecule has 0 saturated heterocycles. The summed E-state index contributed by atoms with van der Waals surface area (Å²) in [5.41, 5.74) is 1.14. The van der Waals surface area contributed by atoms with Gasteiger partial charge in [-0.1, -0.05) is 12.8 Å². The Bertz CT molecular complexity index is 1030. The van der Waals surface area contributed by atoms with E-state index in [1.54, 1.807) is 38.4 Å². The van der Waals surface area contributed by atoms with Crippen LogP contribution in [0.1, 0.15) is 43.0 Å². The third-order valence-corrected chi connectivity index (χ3v) is 6.36. The molecule has 1 aliphatic carbocycles. The lowest BCUT2D eigenvalue weighted by Crippen LogP contribution is -2.48. The van der Waals surface area contributed by atoms with E-state index < -0.39 is 0 Å². The molecule has 1 saturated carbocycles. The Labute approximate surface area is 214 Å². The van der Waals surface area contributed by atoms with Gasteiger partial charge in [-0.3, -0.25) is 9.59 Å². The van der Waals surface area contributed by atoms with E-state index in [4.69, 9.17) is 4.74 Å². The number of carbonyl (C=O) groups excluding carboxylic acids is 2. The quantitative estimate of drug-likeness (QED) is 0.358. The number of nitrogens with zero attached hydrogens (tertiary/aromatic N) is 3. The molecule has 1 aromatic carbocycles. The third-order valence-electron chi connectivity index (χ3n) is 5.78. The maximum Gasteiger partial charge on any atom is 0.251 e. The molecule has 0 aliphatic heterocycles. The first-order valence-electron chi connectivity index (χ1n) is 11.7.